The first-order valence-electron chi connectivity index (χ1n) is 8.93. The van der Waals surface area contributed by atoms with Gasteiger partial charge in [0, 0.05) is 19.4 Å². The molecule has 148 valence electrons. The maximum atomic E-state index is 11.9. The van der Waals surface area contributed by atoms with Crippen LogP contribution in [0.2, 0.25) is 0 Å². The molecule has 0 saturated heterocycles. The number of unbranched alkanes of at least 4 members (excludes halogenated alkanes) is 3. The van der Waals surface area contributed by atoms with Crippen molar-refractivity contribution in [2.24, 2.45) is 11.3 Å². The minimum atomic E-state index is -1.11. The number of carboxylic acid groups (broad SMARTS) is 1. The fourth-order valence-corrected chi connectivity index (χ4v) is 2.28. The Morgan fingerprint density at radius 2 is 1.62 bits per heavy atom. The summed E-state index contributed by atoms with van der Waals surface area (Å²) in [5.41, 5.74) is -0.0493. The molecule has 0 spiro atoms. The van der Waals surface area contributed by atoms with Crippen molar-refractivity contribution in [2.75, 3.05) is 6.54 Å². The highest BCUT2D eigenvalue weighted by Gasteiger charge is 2.50. The largest absolute Gasteiger partial charge is 0.477 e. The van der Waals surface area contributed by atoms with Gasteiger partial charge in [-0.1, -0.05) is 26.3 Å². The second-order valence-electron chi connectivity index (χ2n) is 7.40. The highest BCUT2D eigenvalue weighted by Crippen LogP contribution is 2.51. The van der Waals surface area contributed by atoms with E-state index >= 15 is 0 Å². The molecule has 0 bridgehead atoms. The lowest BCUT2D eigenvalue weighted by Gasteiger charge is -2.07. The summed E-state index contributed by atoms with van der Waals surface area (Å²) in [6, 6.07) is 0. The number of rotatable bonds is 9. The number of amides is 2. The number of ketones is 1. The van der Waals surface area contributed by atoms with Crippen molar-refractivity contribution in [3.05, 3.63) is 11.8 Å². The predicted octanol–water partition coefficient (Wildman–Crippen LogP) is 2.41. The molecular formula is C19H32N2O5. The lowest BCUT2D eigenvalue weighted by molar-refractivity contribution is -0.135. The van der Waals surface area contributed by atoms with Crippen LogP contribution in [0.5, 0.6) is 0 Å². The first-order chi connectivity index (χ1) is 12.0. The third kappa shape index (κ3) is 11.4. The van der Waals surface area contributed by atoms with Gasteiger partial charge in [-0.2, -0.15) is 0 Å². The average Bonchev–Trinajstić information content (AvgIpc) is 3.12. The van der Waals surface area contributed by atoms with Gasteiger partial charge in [-0.05, 0) is 44.9 Å². The average molecular weight is 368 g/mol. The number of hydrogen-bond acceptors (Lipinski definition) is 4. The molecule has 2 amide bonds. The van der Waals surface area contributed by atoms with Crippen LogP contribution in [0.1, 0.15) is 66.7 Å². The Hall–Kier alpha value is -2.18. The Kier molecular flexibility index (Phi) is 10.5. The molecule has 3 N–H and O–H groups in total. The van der Waals surface area contributed by atoms with E-state index in [1.807, 2.05) is 13.8 Å². The summed E-state index contributed by atoms with van der Waals surface area (Å²) in [5.74, 6) is -1.28. The van der Waals surface area contributed by atoms with Crippen molar-refractivity contribution in [2.45, 2.75) is 66.7 Å². The maximum Gasteiger partial charge on any atom is 0.352 e. The van der Waals surface area contributed by atoms with Crippen molar-refractivity contribution in [1.29, 1.82) is 0 Å². The minimum Gasteiger partial charge on any atom is -0.477 e. The monoisotopic (exact) mass is 368 g/mol. The van der Waals surface area contributed by atoms with E-state index in [2.05, 4.69) is 10.6 Å². The lowest BCUT2D eigenvalue weighted by Crippen LogP contribution is -2.29. The van der Waals surface area contributed by atoms with Crippen LogP contribution in [-0.4, -0.2) is 35.2 Å². The number of hydrogen-bond donors (Lipinski definition) is 3. The second kappa shape index (κ2) is 11.4. The zero-order chi connectivity index (χ0) is 20.3. The molecule has 1 aliphatic carbocycles. The van der Waals surface area contributed by atoms with Crippen LogP contribution in [-0.2, 0) is 19.2 Å². The van der Waals surface area contributed by atoms with E-state index in [9.17, 15) is 19.2 Å². The van der Waals surface area contributed by atoms with Crippen molar-refractivity contribution in [1.82, 2.24) is 10.6 Å². The molecular weight excluding hydrogens is 336 g/mol. The van der Waals surface area contributed by atoms with Gasteiger partial charge in [0.05, 0.1) is 0 Å². The summed E-state index contributed by atoms with van der Waals surface area (Å²) in [4.78, 5) is 43.2. The van der Waals surface area contributed by atoms with Gasteiger partial charge in [-0.3, -0.25) is 9.59 Å². The molecule has 7 nitrogen and oxygen atoms in total. The molecule has 1 fully saturated rings. The smallest absolute Gasteiger partial charge is 0.352 e. The first-order valence-corrected chi connectivity index (χ1v) is 8.93. The standard InChI is InChI=1S/C16H26N2O4.C3H6O/c1-11(19)17-9-7-5-4-6-8-13(15(21)22)18-14(20)12-10-16(12,2)3;1-3(2)4/h8,12H,4-7,9-10H2,1-3H3,(H,17,19)(H,18,20)(H,21,22);1-2H3/b13-8-;. The van der Waals surface area contributed by atoms with Crippen molar-refractivity contribution in [3.8, 4) is 0 Å². The zero-order valence-electron chi connectivity index (χ0n) is 16.5. The molecule has 0 radical (unpaired) electrons. The summed E-state index contributed by atoms with van der Waals surface area (Å²) in [6.45, 7) is 9.16. The van der Waals surface area contributed by atoms with E-state index in [1.54, 1.807) is 6.08 Å². The Morgan fingerprint density at radius 3 is 2.04 bits per heavy atom. The Morgan fingerprint density at radius 1 is 1.08 bits per heavy atom. The summed E-state index contributed by atoms with van der Waals surface area (Å²) in [5, 5.41) is 14.4. The summed E-state index contributed by atoms with van der Waals surface area (Å²) >= 11 is 0. The maximum absolute atomic E-state index is 11.9. The molecule has 7 heteroatoms. The third-order valence-electron chi connectivity index (χ3n) is 3.92. The van der Waals surface area contributed by atoms with E-state index < -0.39 is 5.97 Å². The summed E-state index contributed by atoms with van der Waals surface area (Å²) < 4.78 is 0. The highest BCUT2D eigenvalue weighted by molar-refractivity contribution is 5.94. The Bertz CT molecular complexity index is 548. The number of carbonyl (C=O) groups is 4. The van der Waals surface area contributed by atoms with E-state index in [0.29, 0.717) is 13.0 Å². The Balaban J connectivity index is 0.00000141. The first kappa shape index (κ1) is 23.8. The molecule has 0 heterocycles. The lowest BCUT2D eigenvalue weighted by atomic mass is 10.1. The van der Waals surface area contributed by atoms with Gasteiger partial charge in [0.2, 0.25) is 11.8 Å². The van der Waals surface area contributed by atoms with Crippen LogP contribution >= 0.6 is 0 Å². The van der Waals surface area contributed by atoms with Gasteiger partial charge in [0.25, 0.3) is 0 Å². The molecule has 1 saturated carbocycles. The summed E-state index contributed by atoms with van der Waals surface area (Å²) in [7, 11) is 0. The van der Waals surface area contributed by atoms with E-state index in [4.69, 9.17) is 5.11 Å². The van der Waals surface area contributed by atoms with Gasteiger partial charge in [-0.25, -0.2) is 4.79 Å². The molecule has 0 aliphatic heterocycles. The quantitative estimate of drug-likeness (QED) is 0.427. The molecule has 1 rings (SSSR count). The number of nitrogens with one attached hydrogen (secondary N) is 2. The van der Waals surface area contributed by atoms with Crippen LogP contribution < -0.4 is 10.6 Å². The SMILES string of the molecule is CC(=O)NCCCCC/C=C(\NC(=O)C1CC1(C)C)C(=O)O.CC(C)=O. The normalized spacial score (nSPS) is 17.4. The highest BCUT2D eigenvalue weighted by atomic mass is 16.4. The molecule has 1 unspecified atom stereocenters. The van der Waals surface area contributed by atoms with Crippen molar-refractivity contribution in [3.63, 3.8) is 0 Å². The molecule has 0 aromatic rings. The number of Topliss-reactive ketones (excluding diaryl/α,β-unsaturated/α-hetero) is 1. The van der Waals surface area contributed by atoms with E-state index in [-0.39, 0.29) is 34.6 Å². The third-order valence-corrected chi connectivity index (χ3v) is 3.92. The fraction of sp³-hybridized carbons (Fsp3) is 0.684. The minimum absolute atomic E-state index is 0.0165. The predicted molar refractivity (Wildman–Crippen MR) is 99.3 cm³/mol. The van der Waals surface area contributed by atoms with Gasteiger partial charge < -0.3 is 20.5 Å². The number of carbonyl (C=O) groups excluding carboxylic acids is 3. The van der Waals surface area contributed by atoms with Crippen LogP contribution in [0.3, 0.4) is 0 Å². The molecule has 1 atom stereocenters. The molecule has 1 aliphatic rings. The van der Waals surface area contributed by atoms with Gasteiger partial charge in [0.15, 0.2) is 0 Å². The zero-order valence-corrected chi connectivity index (χ0v) is 16.5. The van der Waals surface area contributed by atoms with Crippen molar-refractivity contribution < 1.29 is 24.3 Å². The van der Waals surface area contributed by atoms with Crippen molar-refractivity contribution >= 4 is 23.6 Å². The summed E-state index contributed by atoms with van der Waals surface area (Å²) in [6.07, 6.45) is 5.53. The molecule has 0 aromatic heterocycles. The number of carboxylic acids is 1. The van der Waals surface area contributed by atoms with Crippen LogP contribution in [0.15, 0.2) is 11.8 Å². The van der Waals surface area contributed by atoms with Crippen LogP contribution in [0, 0.1) is 11.3 Å². The molecule has 26 heavy (non-hydrogen) atoms. The Labute approximate surface area is 155 Å². The van der Waals surface area contributed by atoms with Crippen LogP contribution in [0.4, 0.5) is 0 Å². The topological polar surface area (TPSA) is 113 Å². The fourth-order valence-electron chi connectivity index (χ4n) is 2.28. The van der Waals surface area contributed by atoms with Crippen LogP contribution in [0.25, 0.3) is 0 Å². The second-order valence-corrected chi connectivity index (χ2v) is 7.40. The van der Waals surface area contributed by atoms with E-state index in [0.717, 1.165) is 25.7 Å². The van der Waals surface area contributed by atoms with E-state index in [1.165, 1.54) is 20.8 Å². The van der Waals surface area contributed by atoms with Gasteiger partial charge in [0.1, 0.15) is 11.5 Å². The number of aliphatic carboxylic acids is 1. The van der Waals surface area contributed by atoms with Gasteiger partial charge >= 0.3 is 5.97 Å². The van der Waals surface area contributed by atoms with Gasteiger partial charge in [-0.15, -0.1) is 0 Å². The number of allylic oxidation sites excluding steroid dienone is 1. The molecule has 0 aromatic carbocycles.